The predicted octanol–water partition coefficient (Wildman–Crippen LogP) is 3.06. The van der Waals surface area contributed by atoms with Crippen LogP contribution in [-0.2, 0) is 4.74 Å². The molecule has 0 aromatic heterocycles. The quantitative estimate of drug-likeness (QED) is 0.885. The Kier molecular flexibility index (Phi) is 4.40. The number of carbonyl (C=O) groups is 1. The molecule has 1 fully saturated rings. The predicted molar refractivity (Wildman–Crippen MR) is 92.6 cm³/mol. The molecule has 3 heteroatoms. The van der Waals surface area contributed by atoms with E-state index >= 15 is 0 Å². The number of rotatable bonds is 3. The molecule has 0 spiro atoms. The van der Waals surface area contributed by atoms with Crippen LogP contribution in [0.1, 0.15) is 42.6 Å². The van der Waals surface area contributed by atoms with Gasteiger partial charge in [0.15, 0.2) is 0 Å². The van der Waals surface area contributed by atoms with Crippen molar-refractivity contribution >= 4 is 16.7 Å². The van der Waals surface area contributed by atoms with E-state index in [0.29, 0.717) is 11.5 Å². The van der Waals surface area contributed by atoms with E-state index in [0.717, 1.165) is 36.7 Å². The normalized spacial score (nSPS) is 16.5. The maximum atomic E-state index is 12.8. The van der Waals surface area contributed by atoms with Crippen LogP contribution in [0.5, 0.6) is 0 Å². The second-order valence-electron chi connectivity index (χ2n) is 7.16. The zero-order chi connectivity index (χ0) is 16.4. The number of quaternary nitrogens is 1. The van der Waals surface area contributed by atoms with E-state index in [1.165, 1.54) is 5.56 Å². The van der Waals surface area contributed by atoms with Crippen molar-refractivity contribution in [2.45, 2.75) is 39.2 Å². The van der Waals surface area contributed by atoms with Crippen LogP contribution in [0.2, 0.25) is 0 Å². The Morgan fingerprint density at radius 3 is 2.65 bits per heavy atom. The molecule has 3 rings (SSSR count). The van der Waals surface area contributed by atoms with Gasteiger partial charge in [-0.3, -0.25) is 0 Å². The summed E-state index contributed by atoms with van der Waals surface area (Å²) in [5.74, 6) is 0.229. The first-order chi connectivity index (χ1) is 11.0. The first kappa shape index (κ1) is 16.0. The van der Waals surface area contributed by atoms with Gasteiger partial charge in [-0.15, -0.1) is 0 Å². The van der Waals surface area contributed by atoms with E-state index in [1.807, 2.05) is 30.3 Å². The molecule has 0 atom stereocenters. The number of nitrogens with two attached hydrogens (primary N) is 1. The molecule has 122 valence electrons. The summed E-state index contributed by atoms with van der Waals surface area (Å²) in [5.41, 5.74) is 1.44. The minimum atomic E-state index is -0.418. The largest absolute Gasteiger partial charge is 0.456 e. The van der Waals surface area contributed by atoms with E-state index in [-0.39, 0.29) is 5.97 Å². The van der Waals surface area contributed by atoms with Crippen LogP contribution in [0.25, 0.3) is 10.8 Å². The summed E-state index contributed by atoms with van der Waals surface area (Å²) < 4.78 is 5.95. The molecule has 1 aliphatic heterocycles. The summed E-state index contributed by atoms with van der Waals surface area (Å²) in [6.07, 6.45) is 2.21. The van der Waals surface area contributed by atoms with Crippen LogP contribution in [-0.4, -0.2) is 24.7 Å². The standard InChI is InChI=1S/C20H25NO2/c1-14-7-8-17-15(13-14)5-4-6-18(17)19(22)23-20(2,3)16-9-11-21-12-10-16/h4-8,13,16,21H,9-12H2,1-3H3/p+1. The number of piperidine rings is 1. The summed E-state index contributed by atoms with van der Waals surface area (Å²) in [7, 11) is 0. The third kappa shape index (κ3) is 3.40. The third-order valence-corrected chi connectivity index (χ3v) is 5.03. The Bertz CT molecular complexity index is 715. The van der Waals surface area contributed by atoms with Crippen molar-refractivity contribution in [3.8, 4) is 0 Å². The van der Waals surface area contributed by atoms with Crippen molar-refractivity contribution in [1.82, 2.24) is 0 Å². The van der Waals surface area contributed by atoms with Gasteiger partial charge in [-0.05, 0) is 37.6 Å². The summed E-state index contributed by atoms with van der Waals surface area (Å²) >= 11 is 0. The molecule has 2 N–H and O–H groups in total. The van der Waals surface area contributed by atoms with E-state index < -0.39 is 5.60 Å². The Morgan fingerprint density at radius 2 is 1.91 bits per heavy atom. The summed E-state index contributed by atoms with van der Waals surface area (Å²) in [4.78, 5) is 12.8. The number of fused-ring (bicyclic) bond motifs is 1. The van der Waals surface area contributed by atoms with Crippen LogP contribution in [0.15, 0.2) is 36.4 Å². The van der Waals surface area contributed by atoms with Crippen LogP contribution in [0, 0.1) is 12.8 Å². The number of ether oxygens (including phenoxy) is 1. The first-order valence-corrected chi connectivity index (χ1v) is 8.52. The molecule has 1 heterocycles. The van der Waals surface area contributed by atoms with Gasteiger partial charge in [0.05, 0.1) is 18.7 Å². The molecular formula is C20H26NO2+. The Labute approximate surface area is 138 Å². The zero-order valence-electron chi connectivity index (χ0n) is 14.3. The van der Waals surface area contributed by atoms with Gasteiger partial charge < -0.3 is 10.1 Å². The molecule has 2 aromatic carbocycles. The van der Waals surface area contributed by atoms with Crippen molar-refractivity contribution in [2.75, 3.05) is 13.1 Å². The second-order valence-corrected chi connectivity index (χ2v) is 7.16. The van der Waals surface area contributed by atoms with Crippen LogP contribution in [0.3, 0.4) is 0 Å². The van der Waals surface area contributed by atoms with Crippen molar-refractivity contribution in [3.63, 3.8) is 0 Å². The third-order valence-electron chi connectivity index (χ3n) is 5.03. The molecule has 2 aromatic rings. The van der Waals surface area contributed by atoms with Gasteiger partial charge in [-0.25, -0.2) is 4.79 Å². The highest BCUT2D eigenvalue weighted by atomic mass is 16.6. The summed E-state index contributed by atoms with van der Waals surface area (Å²) in [6.45, 7) is 8.42. The van der Waals surface area contributed by atoms with Gasteiger partial charge in [0.25, 0.3) is 0 Å². The Morgan fingerprint density at radius 1 is 1.17 bits per heavy atom. The molecule has 0 aliphatic carbocycles. The van der Waals surface area contributed by atoms with E-state index in [9.17, 15) is 4.79 Å². The fourth-order valence-electron chi connectivity index (χ4n) is 3.58. The number of benzene rings is 2. The minimum Gasteiger partial charge on any atom is -0.456 e. The fraction of sp³-hybridized carbons (Fsp3) is 0.450. The summed E-state index contributed by atoms with van der Waals surface area (Å²) in [6, 6.07) is 12.0. The molecule has 1 saturated heterocycles. The van der Waals surface area contributed by atoms with Gasteiger partial charge in [0.2, 0.25) is 0 Å². The van der Waals surface area contributed by atoms with Gasteiger partial charge in [0.1, 0.15) is 5.60 Å². The lowest BCUT2D eigenvalue weighted by Gasteiger charge is -2.35. The molecule has 0 radical (unpaired) electrons. The maximum Gasteiger partial charge on any atom is 0.339 e. The van der Waals surface area contributed by atoms with Gasteiger partial charge >= 0.3 is 5.97 Å². The number of hydrogen-bond donors (Lipinski definition) is 1. The van der Waals surface area contributed by atoms with Crippen molar-refractivity contribution in [1.29, 1.82) is 0 Å². The average molecular weight is 312 g/mol. The smallest absolute Gasteiger partial charge is 0.339 e. The number of carbonyl (C=O) groups excluding carboxylic acids is 1. The molecule has 0 bridgehead atoms. The van der Waals surface area contributed by atoms with E-state index in [2.05, 4.69) is 32.2 Å². The monoisotopic (exact) mass is 312 g/mol. The number of aryl methyl sites for hydroxylation is 1. The molecule has 23 heavy (non-hydrogen) atoms. The van der Waals surface area contributed by atoms with Gasteiger partial charge in [0, 0.05) is 18.8 Å². The maximum absolute atomic E-state index is 12.8. The lowest BCUT2D eigenvalue weighted by atomic mass is 9.83. The van der Waals surface area contributed by atoms with Crippen molar-refractivity contribution in [3.05, 3.63) is 47.5 Å². The Hall–Kier alpha value is -1.87. The second kappa shape index (κ2) is 6.32. The van der Waals surface area contributed by atoms with Crippen LogP contribution >= 0.6 is 0 Å². The summed E-state index contributed by atoms with van der Waals surface area (Å²) in [5, 5.41) is 4.39. The number of esters is 1. The SMILES string of the molecule is Cc1ccc2c(C(=O)OC(C)(C)C3CC[NH2+]CC3)cccc2c1. The van der Waals surface area contributed by atoms with Crippen LogP contribution in [0.4, 0.5) is 0 Å². The van der Waals surface area contributed by atoms with E-state index in [4.69, 9.17) is 4.74 Å². The molecular weight excluding hydrogens is 286 g/mol. The van der Waals surface area contributed by atoms with Crippen molar-refractivity contribution < 1.29 is 14.8 Å². The lowest BCUT2D eigenvalue weighted by Crippen LogP contribution is -2.86. The highest BCUT2D eigenvalue weighted by Crippen LogP contribution is 2.30. The zero-order valence-corrected chi connectivity index (χ0v) is 14.3. The molecule has 3 nitrogen and oxygen atoms in total. The van der Waals surface area contributed by atoms with E-state index in [1.54, 1.807) is 0 Å². The Balaban J connectivity index is 1.85. The molecule has 1 aliphatic rings. The lowest BCUT2D eigenvalue weighted by molar-refractivity contribution is -0.665. The average Bonchev–Trinajstić information content (AvgIpc) is 2.54. The molecule has 0 saturated carbocycles. The highest BCUT2D eigenvalue weighted by molar-refractivity contribution is 6.04. The molecule has 0 unspecified atom stereocenters. The topological polar surface area (TPSA) is 42.9 Å². The molecule has 0 amide bonds. The minimum absolute atomic E-state index is 0.209. The highest BCUT2D eigenvalue weighted by Gasteiger charge is 2.35. The van der Waals surface area contributed by atoms with Crippen LogP contribution < -0.4 is 5.32 Å². The van der Waals surface area contributed by atoms with Gasteiger partial charge in [-0.1, -0.05) is 35.9 Å². The fourth-order valence-corrected chi connectivity index (χ4v) is 3.58. The van der Waals surface area contributed by atoms with Gasteiger partial charge in [-0.2, -0.15) is 0 Å². The number of hydrogen-bond acceptors (Lipinski definition) is 2. The first-order valence-electron chi connectivity index (χ1n) is 8.52. The van der Waals surface area contributed by atoms with Crippen molar-refractivity contribution in [2.24, 2.45) is 5.92 Å².